The molecular formula is C13H18Cl2. The lowest BCUT2D eigenvalue weighted by Gasteiger charge is -2.24. The fourth-order valence-corrected chi connectivity index (χ4v) is 2.52. The van der Waals surface area contributed by atoms with E-state index in [4.69, 9.17) is 23.2 Å². The summed E-state index contributed by atoms with van der Waals surface area (Å²) in [5.41, 5.74) is 1.51. The van der Waals surface area contributed by atoms with Gasteiger partial charge in [0.05, 0.1) is 0 Å². The van der Waals surface area contributed by atoms with Gasteiger partial charge >= 0.3 is 0 Å². The highest BCUT2D eigenvalue weighted by Gasteiger charge is 2.18. The van der Waals surface area contributed by atoms with Crippen molar-refractivity contribution in [3.05, 3.63) is 33.8 Å². The molecule has 0 N–H and O–H groups in total. The largest absolute Gasteiger partial charge is 0.0843 e. The molecule has 84 valence electrons. The van der Waals surface area contributed by atoms with Crippen molar-refractivity contribution in [1.82, 2.24) is 0 Å². The molecule has 1 aromatic carbocycles. The zero-order chi connectivity index (χ0) is 11.6. The van der Waals surface area contributed by atoms with Crippen molar-refractivity contribution in [2.24, 2.45) is 5.41 Å². The van der Waals surface area contributed by atoms with Crippen LogP contribution in [0, 0.1) is 5.41 Å². The van der Waals surface area contributed by atoms with Crippen molar-refractivity contribution in [1.29, 1.82) is 0 Å². The molecule has 0 bridgehead atoms. The lowest BCUT2D eigenvalue weighted by Crippen LogP contribution is -2.10. The third kappa shape index (κ3) is 4.04. The van der Waals surface area contributed by atoms with Crippen LogP contribution in [-0.4, -0.2) is 0 Å². The third-order valence-electron chi connectivity index (χ3n) is 2.41. The minimum absolute atomic E-state index is 0.322. The molecule has 0 aliphatic carbocycles. The molecule has 1 aromatic rings. The molecule has 15 heavy (non-hydrogen) atoms. The molecule has 0 saturated carbocycles. The van der Waals surface area contributed by atoms with E-state index in [9.17, 15) is 0 Å². The maximum absolute atomic E-state index is 6.17. The summed E-state index contributed by atoms with van der Waals surface area (Å²) in [6.45, 7) is 8.94. The Morgan fingerprint density at radius 3 is 2.27 bits per heavy atom. The van der Waals surface area contributed by atoms with E-state index in [1.807, 2.05) is 18.2 Å². The second kappa shape index (κ2) is 4.76. The summed E-state index contributed by atoms with van der Waals surface area (Å²) in [4.78, 5) is 0. The van der Waals surface area contributed by atoms with Crippen molar-refractivity contribution in [2.45, 2.75) is 40.0 Å². The lowest BCUT2D eigenvalue weighted by atomic mass is 9.82. The van der Waals surface area contributed by atoms with E-state index < -0.39 is 0 Å². The van der Waals surface area contributed by atoms with Gasteiger partial charge in [0.25, 0.3) is 0 Å². The van der Waals surface area contributed by atoms with E-state index in [1.165, 1.54) is 5.56 Å². The maximum atomic E-state index is 6.17. The highest BCUT2D eigenvalue weighted by atomic mass is 35.5. The Kier molecular flexibility index (Phi) is 4.08. The summed E-state index contributed by atoms with van der Waals surface area (Å²) in [6.07, 6.45) is 1.12. The molecule has 1 unspecified atom stereocenters. The molecule has 0 spiro atoms. The molecule has 0 nitrogen and oxygen atoms in total. The van der Waals surface area contributed by atoms with Crippen LogP contribution in [-0.2, 0) is 0 Å². The summed E-state index contributed by atoms with van der Waals surface area (Å²) in [6, 6.07) is 5.75. The van der Waals surface area contributed by atoms with Crippen LogP contribution in [0.1, 0.15) is 45.6 Å². The first-order valence-corrected chi connectivity index (χ1v) is 6.00. The highest BCUT2D eigenvalue weighted by Crippen LogP contribution is 2.35. The first-order valence-electron chi connectivity index (χ1n) is 5.24. The van der Waals surface area contributed by atoms with Crippen LogP contribution in [0.4, 0.5) is 0 Å². The van der Waals surface area contributed by atoms with Crippen molar-refractivity contribution in [3.63, 3.8) is 0 Å². The van der Waals surface area contributed by atoms with Gasteiger partial charge in [-0.25, -0.2) is 0 Å². The first-order chi connectivity index (χ1) is 6.79. The highest BCUT2D eigenvalue weighted by molar-refractivity contribution is 6.35. The molecule has 0 aromatic heterocycles. The second-order valence-electron chi connectivity index (χ2n) is 5.33. The number of benzene rings is 1. The minimum Gasteiger partial charge on any atom is -0.0843 e. The van der Waals surface area contributed by atoms with Crippen molar-refractivity contribution < 1.29 is 0 Å². The molecule has 0 aliphatic rings. The molecule has 0 aliphatic heterocycles. The van der Waals surface area contributed by atoms with E-state index in [-0.39, 0.29) is 0 Å². The topological polar surface area (TPSA) is 0 Å². The third-order valence-corrected chi connectivity index (χ3v) is 2.97. The van der Waals surface area contributed by atoms with Crippen LogP contribution in [0.3, 0.4) is 0 Å². The summed E-state index contributed by atoms with van der Waals surface area (Å²) < 4.78 is 0. The van der Waals surface area contributed by atoms with Gasteiger partial charge in [-0.2, -0.15) is 0 Å². The molecule has 2 heteroatoms. The molecule has 0 amide bonds. The Labute approximate surface area is 103 Å². The Morgan fingerprint density at radius 2 is 1.80 bits per heavy atom. The van der Waals surface area contributed by atoms with Gasteiger partial charge in [-0.15, -0.1) is 0 Å². The van der Waals surface area contributed by atoms with E-state index >= 15 is 0 Å². The second-order valence-corrected chi connectivity index (χ2v) is 6.18. The fourth-order valence-electron chi connectivity index (χ4n) is 1.93. The van der Waals surface area contributed by atoms with Crippen LogP contribution < -0.4 is 0 Å². The standard InChI is InChI=1S/C13H18Cl2/c1-9(8-13(2,3)4)11-6-5-10(14)7-12(11)15/h5-7,9H,8H2,1-4H3. The van der Waals surface area contributed by atoms with Crippen LogP contribution in [0.5, 0.6) is 0 Å². The smallest absolute Gasteiger partial charge is 0.0455 e. The number of halogens is 2. The number of hydrogen-bond acceptors (Lipinski definition) is 0. The summed E-state index contributed by atoms with van der Waals surface area (Å²) in [5, 5.41) is 1.48. The molecular weight excluding hydrogens is 227 g/mol. The van der Waals surface area contributed by atoms with Crippen molar-refractivity contribution >= 4 is 23.2 Å². The Hall–Kier alpha value is -0.200. The summed E-state index contributed by atoms with van der Waals surface area (Å²) in [5.74, 6) is 0.467. The average Bonchev–Trinajstić information content (AvgIpc) is 1.99. The van der Waals surface area contributed by atoms with E-state index in [0.717, 1.165) is 11.4 Å². The van der Waals surface area contributed by atoms with E-state index in [1.54, 1.807) is 0 Å². The van der Waals surface area contributed by atoms with Crippen LogP contribution in [0.25, 0.3) is 0 Å². The van der Waals surface area contributed by atoms with E-state index in [0.29, 0.717) is 16.4 Å². The van der Waals surface area contributed by atoms with E-state index in [2.05, 4.69) is 27.7 Å². The van der Waals surface area contributed by atoms with Gasteiger partial charge in [0.1, 0.15) is 0 Å². The summed E-state index contributed by atoms with van der Waals surface area (Å²) in [7, 11) is 0. The minimum atomic E-state index is 0.322. The molecule has 0 heterocycles. The van der Waals surface area contributed by atoms with Gasteiger partial charge < -0.3 is 0 Å². The first kappa shape index (κ1) is 12.9. The van der Waals surface area contributed by atoms with Crippen molar-refractivity contribution in [3.8, 4) is 0 Å². The molecule has 0 fully saturated rings. The normalized spacial score (nSPS) is 14.0. The van der Waals surface area contributed by atoms with Crippen molar-refractivity contribution in [2.75, 3.05) is 0 Å². The Morgan fingerprint density at radius 1 is 1.20 bits per heavy atom. The van der Waals surface area contributed by atoms with Crippen LogP contribution in [0.15, 0.2) is 18.2 Å². The monoisotopic (exact) mass is 244 g/mol. The molecule has 0 saturated heterocycles. The van der Waals surface area contributed by atoms with Gasteiger partial charge in [0.2, 0.25) is 0 Å². The zero-order valence-electron chi connectivity index (χ0n) is 9.77. The molecule has 1 atom stereocenters. The van der Waals surface area contributed by atoms with Gasteiger partial charge in [-0.3, -0.25) is 0 Å². The zero-order valence-corrected chi connectivity index (χ0v) is 11.3. The lowest BCUT2D eigenvalue weighted by molar-refractivity contribution is 0.349. The van der Waals surface area contributed by atoms with Gasteiger partial charge in [0.15, 0.2) is 0 Å². The van der Waals surface area contributed by atoms with Gasteiger partial charge in [0, 0.05) is 10.0 Å². The Balaban J connectivity index is 2.87. The van der Waals surface area contributed by atoms with Crippen LogP contribution in [0.2, 0.25) is 10.0 Å². The maximum Gasteiger partial charge on any atom is 0.0455 e. The fraction of sp³-hybridized carbons (Fsp3) is 0.538. The van der Waals surface area contributed by atoms with Crippen LogP contribution >= 0.6 is 23.2 Å². The predicted molar refractivity (Wildman–Crippen MR) is 68.9 cm³/mol. The quantitative estimate of drug-likeness (QED) is 0.642. The Bertz CT molecular complexity index is 337. The average molecular weight is 245 g/mol. The molecule has 1 rings (SSSR count). The molecule has 0 radical (unpaired) electrons. The SMILES string of the molecule is CC(CC(C)(C)C)c1ccc(Cl)cc1Cl. The predicted octanol–water partition coefficient (Wildman–Crippen LogP) is 5.53. The summed E-state index contributed by atoms with van der Waals surface area (Å²) >= 11 is 12.0. The number of rotatable bonds is 2. The number of hydrogen-bond donors (Lipinski definition) is 0. The van der Waals surface area contributed by atoms with Gasteiger partial charge in [-0.1, -0.05) is 57.0 Å². The van der Waals surface area contributed by atoms with Gasteiger partial charge in [-0.05, 0) is 35.4 Å².